The highest BCUT2D eigenvalue weighted by Gasteiger charge is 2.40. The van der Waals surface area contributed by atoms with E-state index in [1.54, 1.807) is 31.6 Å². The molecule has 1 aromatic carbocycles. The maximum Gasteiger partial charge on any atom is 0.156 e. The minimum Gasteiger partial charge on any atom is -0.496 e. The van der Waals surface area contributed by atoms with Crippen molar-refractivity contribution in [3.8, 4) is 23.1 Å². The van der Waals surface area contributed by atoms with E-state index in [-0.39, 0.29) is 0 Å². The number of rotatable bonds is 4. The molecule has 1 N–H and O–H groups in total. The Kier molecular flexibility index (Phi) is 4.49. The lowest BCUT2D eigenvalue weighted by Gasteiger charge is -2.31. The zero-order valence-electron chi connectivity index (χ0n) is 16.1. The summed E-state index contributed by atoms with van der Waals surface area (Å²) in [4.78, 5) is 4.31. The fourth-order valence-electron chi connectivity index (χ4n) is 4.57. The summed E-state index contributed by atoms with van der Waals surface area (Å²) in [6, 6.07) is 9.79. The number of benzene rings is 1. The third-order valence-electron chi connectivity index (χ3n) is 6.06. The molecule has 1 unspecified atom stereocenters. The summed E-state index contributed by atoms with van der Waals surface area (Å²) in [6.45, 7) is 1.61. The molecule has 2 aromatic heterocycles. The Bertz CT molecular complexity index is 1090. The molecule has 1 aliphatic carbocycles. The molecule has 1 saturated heterocycles. The highest BCUT2D eigenvalue weighted by molar-refractivity contribution is 6.00. The van der Waals surface area contributed by atoms with Crippen LogP contribution in [-0.4, -0.2) is 41.5 Å². The smallest absolute Gasteiger partial charge is 0.156 e. The average molecular weight is 387 g/mol. The summed E-state index contributed by atoms with van der Waals surface area (Å²) in [7, 11) is 1.59. The van der Waals surface area contributed by atoms with Crippen LogP contribution >= 0.6 is 0 Å². The van der Waals surface area contributed by atoms with Crippen LogP contribution in [0.4, 0.5) is 5.82 Å². The van der Waals surface area contributed by atoms with Crippen molar-refractivity contribution in [1.29, 1.82) is 5.26 Å². The largest absolute Gasteiger partial charge is 0.496 e. The van der Waals surface area contributed by atoms with Gasteiger partial charge >= 0.3 is 0 Å². The molecule has 3 aromatic rings. The van der Waals surface area contributed by atoms with E-state index in [1.165, 1.54) is 12.8 Å². The lowest BCUT2D eigenvalue weighted by molar-refractivity contribution is 0.0392. The van der Waals surface area contributed by atoms with Gasteiger partial charge in [0.25, 0.3) is 0 Å². The maximum absolute atomic E-state index is 9.17. The molecular formula is C22H21N5O2. The Morgan fingerprint density at radius 1 is 1.14 bits per heavy atom. The maximum atomic E-state index is 9.17. The Labute approximate surface area is 168 Å². The van der Waals surface area contributed by atoms with Gasteiger partial charge in [0.1, 0.15) is 11.4 Å². The van der Waals surface area contributed by atoms with Gasteiger partial charge < -0.3 is 14.8 Å². The Hall–Kier alpha value is -3.24. The Morgan fingerprint density at radius 3 is 2.72 bits per heavy atom. The van der Waals surface area contributed by atoms with Crippen LogP contribution in [0.15, 0.2) is 36.7 Å². The van der Waals surface area contributed by atoms with E-state index in [0.29, 0.717) is 34.9 Å². The summed E-state index contributed by atoms with van der Waals surface area (Å²) in [5, 5.41) is 23.8. The summed E-state index contributed by atoms with van der Waals surface area (Å²) in [5.41, 5.74) is 2.01. The average Bonchev–Trinajstić information content (AvgIpc) is 2.98. The molecule has 7 nitrogen and oxygen atoms in total. The van der Waals surface area contributed by atoms with Crippen molar-refractivity contribution in [2.24, 2.45) is 11.8 Å². The van der Waals surface area contributed by atoms with Crippen LogP contribution in [0.25, 0.3) is 22.0 Å². The number of anilines is 1. The lowest BCUT2D eigenvalue weighted by atomic mass is 9.96. The van der Waals surface area contributed by atoms with Crippen LogP contribution in [0.2, 0.25) is 0 Å². The molecule has 1 saturated carbocycles. The molecule has 3 atom stereocenters. The number of methoxy groups -OCH3 is 1. The first-order chi connectivity index (χ1) is 14.3. The molecule has 29 heavy (non-hydrogen) atoms. The number of hydrogen-bond donors (Lipinski definition) is 1. The molecule has 0 amide bonds. The van der Waals surface area contributed by atoms with Gasteiger partial charge in [-0.3, -0.25) is 4.98 Å². The zero-order valence-corrected chi connectivity index (χ0v) is 16.1. The third kappa shape index (κ3) is 3.06. The number of fused-ring (bicyclic) bond motifs is 3. The molecule has 7 heteroatoms. The standard InChI is InChI=1S/C22H21N5O2/c1-28-19-8-13(9-23)2-5-17(19)21-18-10-24-7-6-16(18)22(27-26-21)25-20-14-3-4-15(20)12-29-11-14/h2,5-8,10,14-15,20H,3-4,11-12H2,1H3,(H,25,27)/t14-,15+,20?. The van der Waals surface area contributed by atoms with Gasteiger partial charge in [0.05, 0.1) is 32.0 Å². The number of nitrogens with zero attached hydrogens (tertiary/aromatic N) is 4. The van der Waals surface area contributed by atoms with E-state index < -0.39 is 0 Å². The van der Waals surface area contributed by atoms with Crippen LogP contribution in [-0.2, 0) is 4.74 Å². The molecule has 146 valence electrons. The third-order valence-corrected chi connectivity index (χ3v) is 6.06. The lowest BCUT2D eigenvalue weighted by Crippen LogP contribution is -2.39. The van der Waals surface area contributed by atoms with Crippen LogP contribution in [0.5, 0.6) is 5.75 Å². The number of nitriles is 1. The van der Waals surface area contributed by atoms with Gasteiger partial charge in [-0.1, -0.05) is 0 Å². The first-order valence-corrected chi connectivity index (χ1v) is 9.81. The monoisotopic (exact) mass is 387 g/mol. The topological polar surface area (TPSA) is 93.0 Å². The quantitative estimate of drug-likeness (QED) is 0.733. The van der Waals surface area contributed by atoms with Crippen molar-refractivity contribution in [2.75, 3.05) is 25.6 Å². The van der Waals surface area contributed by atoms with E-state index in [4.69, 9.17) is 9.47 Å². The number of nitrogens with one attached hydrogen (secondary N) is 1. The fraction of sp³-hybridized carbons (Fsp3) is 0.364. The second kappa shape index (κ2) is 7.30. The molecule has 1 aliphatic heterocycles. The highest BCUT2D eigenvalue weighted by Crippen LogP contribution is 2.39. The fourth-order valence-corrected chi connectivity index (χ4v) is 4.57. The van der Waals surface area contributed by atoms with E-state index in [0.717, 1.165) is 35.4 Å². The Morgan fingerprint density at radius 2 is 1.97 bits per heavy atom. The molecule has 2 bridgehead atoms. The predicted octanol–water partition coefficient (Wildman–Crippen LogP) is 3.41. The van der Waals surface area contributed by atoms with Gasteiger partial charge in [0, 0.05) is 46.6 Å². The van der Waals surface area contributed by atoms with Crippen molar-refractivity contribution in [3.63, 3.8) is 0 Å². The molecule has 2 fully saturated rings. The number of hydrogen-bond acceptors (Lipinski definition) is 7. The number of pyridine rings is 1. The van der Waals surface area contributed by atoms with E-state index >= 15 is 0 Å². The van der Waals surface area contributed by atoms with Crippen LogP contribution in [0.1, 0.15) is 18.4 Å². The minimum absolute atomic E-state index is 0.365. The van der Waals surface area contributed by atoms with E-state index in [2.05, 4.69) is 26.6 Å². The predicted molar refractivity (Wildman–Crippen MR) is 108 cm³/mol. The van der Waals surface area contributed by atoms with Crippen molar-refractivity contribution in [1.82, 2.24) is 15.2 Å². The van der Waals surface area contributed by atoms with Gasteiger partial charge in [-0.2, -0.15) is 5.26 Å². The first kappa shape index (κ1) is 17.8. The normalized spacial score (nSPS) is 23.0. The van der Waals surface area contributed by atoms with Crippen molar-refractivity contribution in [2.45, 2.75) is 18.9 Å². The highest BCUT2D eigenvalue weighted by atomic mass is 16.5. The number of aromatic nitrogens is 3. The molecular weight excluding hydrogens is 366 g/mol. The van der Waals surface area contributed by atoms with Crippen molar-refractivity contribution >= 4 is 16.6 Å². The van der Waals surface area contributed by atoms with Crippen molar-refractivity contribution < 1.29 is 9.47 Å². The van der Waals surface area contributed by atoms with Crippen molar-refractivity contribution in [3.05, 3.63) is 42.2 Å². The second-order valence-corrected chi connectivity index (χ2v) is 7.65. The van der Waals surface area contributed by atoms with Gasteiger partial charge in [-0.25, -0.2) is 0 Å². The van der Waals surface area contributed by atoms with E-state index in [1.807, 2.05) is 12.1 Å². The van der Waals surface area contributed by atoms with Gasteiger partial charge in [0.15, 0.2) is 5.82 Å². The van der Waals surface area contributed by atoms with Crippen LogP contribution < -0.4 is 10.1 Å². The molecule has 5 rings (SSSR count). The van der Waals surface area contributed by atoms with E-state index in [9.17, 15) is 5.26 Å². The second-order valence-electron chi connectivity index (χ2n) is 7.65. The first-order valence-electron chi connectivity index (χ1n) is 9.81. The van der Waals surface area contributed by atoms with Gasteiger partial charge in [-0.15, -0.1) is 10.2 Å². The summed E-state index contributed by atoms with van der Waals surface area (Å²) in [6.07, 6.45) is 5.96. The van der Waals surface area contributed by atoms with Gasteiger partial charge in [-0.05, 0) is 37.1 Å². The van der Waals surface area contributed by atoms with Crippen LogP contribution in [0.3, 0.4) is 0 Å². The summed E-state index contributed by atoms with van der Waals surface area (Å²) < 4.78 is 11.2. The molecule has 3 heterocycles. The Balaban J connectivity index is 1.58. The molecule has 2 aliphatic rings. The molecule has 0 radical (unpaired) electrons. The van der Waals surface area contributed by atoms with Gasteiger partial charge in [0.2, 0.25) is 0 Å². The molecule has 0 spiro atoms. The summed E-state index contributed by atoms with van der Waals surface area (Å²) >= 11 is 0. The SMILES string of the molecule is COc1cc(C#N)ccc1-c1nnc(NC2[C@@H]3CC[C@H]2COC3)c2ccncc12. The van der Waals surface area contributed by atoms with Crippen LogP contribution in [0, 0.1) is 23.2 Å². The minimum atomic E-state index is 0.365. The zero-order chi connectivity index (χ0) is 19.8. The number of ether oxygens (including phenoxy) is 2. The summed E-state index contributed by atoms with van der Waals surface area (Å²) in [5.74, 6) is 2.41.